The van der Waals surface area contributed by atoms with Crippen molar-refractivity contribution in [1.29, 1.82) is 0 Å². The topological polar surface area (TPSA) is 93.0 Å². The lowest BCUT2D eigenvalue weighted by atomic mass is 10.1. The highest BCUT2D eigenvalue weighted by Crippen LogP contribution is 2.38. The van der Waals surface area contributed by atoms with Crippen LogP contribution in [-0.2, 0) is 0 Å². The first-order chi connectivity index (χ1) is 16.1. The van der Waals surface area contributed by atoms with Gasteiger partial charge in [-0.05, 0) is 25.2 Å². The number of nitrogens with one attached hydrogen (secondary N) is 1. The highest BCUT2D eigenvalue weighted by molar-refractivity contribution is 6.08. The number of likely N-dealkylation sites (N-methyl/N-ethyl adjacent to an activating group) is 1. The van der Waals surface area contributed by atoms with E-state index in [0.717, 1.165) is 31.9 Å². The normalized spacial score (nSPS) is 14.8. The zero-order chi connectivity index (χ0) is 24.5. The molecule has 1 saturated heterocycles. The van der Waals surface area contributed by atoms with Crippen LogP contribution in [0.5, 0.6) is 11.5 Å². The minimum absolute atomic E-state index is 0.101. The predicted molar refractivity (Wildman–Crippen MR) is 123 cm³/mol. The predicted octanol–water partition coefficient (Wildman–Crippen LogP) is 3.74. The van der Waals surface area contributed by atoms with Gasteiger partial charge in [-0.25, -0.2) is 0 Å². The molecule has 1 amide bonds. The lowest BCUT2D eigenvalue weighted by Gasteiger charge is -2.35. The third-order valence-electron chi connectivity index (χ3n) is 5.61. The number of rotatable bonds is 6. The molecule has 2 aromatic carbocycles. The number of carbonyl (C=O) groups excluding carboxylic acids is 1. The van der Waals surface area contributed by atoms with Gasteiger partial charge in [-0.1, -0.05) is 6.07 Å². The van der Waals surface area contributed by atoms with Crippen molar-refractivity contribution in [1.82, 2.24) is 9.88 Å². The van der Waals surface area contributed by atoms with Crippen LogP contribution in [0, 0.1) is 0 Å². The van der Waals surface area contributed by atoms with Crippen molar-refractivity contribution in [3.8, 4) is 11.5 Å². The molecular weight excluding hydrogens is 451 g/mol. The van der Waals surface area contributed by atoms with Crippen LogP contribution in [0.3, 0.4) is 0 Å². The first kappa shape index (κ1) is 23.4. The van der Waals surface area contributed by atoms with Gasteiger partial charge in [0.25, 0.3) is 5.91 Å². The molecular formula is C23H24F3N5O3. The number of alkyl halides is 3. The van der Waals surface area contributed by atoms with Gasteiger partial charge in [0.2, 0.25) is 0 Å². The van der Waals surface area contributed by atoms with Crippen molar-refractivity contribution in [2.75, 3.05) is 50.6 Å². The highest BCUT2D eigenvalue weighted by atomic mass is 19.4. The SMILES string of the molecule is COc1cc2ncc(C(N)=O)c(Nc3cccc(OC(F)(F)F)c3)c2cc1N1CCN(C)CC1. The monoisotopic (exact) mass is 475 g/mol. The van der Waals surface area contributed by atoms with Gasteiger partial charge in [0, 0.05) is 55.6 Å². The summed E-state index contributed by atoms with van der Waals surface area (Å²) in [7, 11) is 3.63. The zero-order valence-electron chi connectivity index (χ0n) is 18.6. The smallest absolute Gasteiger partial charge is 0.495 e. The van der Waals surface area contributed by atoms with Crippen molar-refractivity contribution in [2.24, 2.45) is 5.73 Å². The minimum atomic E-state index is -4.83. The molecule has 8 nitrogen and oxygen atoms in total. The van der Waals surface area contributed by atoms with Crippen LogP contribution in [-0.4, -0.2) is 62.5 Å². The van der Waals surface area contributed by atoms with Crippen LogP contribution in [0.15, 0.2) is 42.6 Å². The summed E-state index contributed by atoms with van der Waals surface area (Å²) in [6.45, 7) is 3.30. The summed E-state index contributed by atoms with van der Waals surface area (Å²) in [5, 5.41) is 3.62. The number of carbonyl (C=O) groups is 1. The van der Waals surface area contributed by atoms with Crippen molar-refractivity contribution in [3.05, 3.63) is 48.2 Å². The van der Waals surface area contributed by atoms with E-state index < -0.39 is 18.0 Å². The third-order valence-corrected chi connectivity index (χ3v) is 5.61. The van der Waals surface area contributed by atoms with Crippen LogP contribution < -0.4 is 25.4 Å². The first-order valence-corrected chi connectivity index (χ1v) is 10.5. The van der Waals surface area contributed by atoms with E-state index in [2.05, 4.69) is 31.9 Å². The molecule has 34 heavy (non-hydrogen) atoms. The van der Waals surface area contributed by atoms with Crippen LogP contribution in [0.1, 0.15) is 10.4 Å². The van der Waals surface area contributed by atoms with E-state index in [9.17, 15) is 18.0 Å². The van der Waals surface area contributed by atoms with Crippen LogP contribution in [0.4, 0.5) is 30.2 Å². The molecule has 0 spiro atoms. The number of hydrogen-bond donors (Lipinski definition) is 2. The molecule has 4 rings (SSSR count). The van der Waals surface area contributed by atoms with Crippen molar-refractivity contribution >= 4 is 33.9 Å². The molecule has 3 N–H and O–H groups in total. The van der Waals surface area contributed by atoms with Crippen molar-refractivity contribution in [3.63, 3.8) is 0 Å². The summed E-state index contributed by atoms with van der Waals surface area (Å²) in [6, 6.07) is 8.98. The third kappa shape index (κ3) is 5.09. The number of nitrogens with zero attached hydrogens (tertiary/aromatic N) is 3. The fraction of sp³-hybridized carbons (Fsp3) is 0.304. The summed E-state index contributed by atoms with van der Waals surface area (Å²) in [5.41, 5.74) is 7.67. The molecule has 0 unspecified atom stereocenters. The molecule has 1 aromatic heterocycles. The molecule has 180 valence electrons. The molecule has 1 aliphatic heterocycles. The number of halogens is 3. The average Bonchev–Trinajstić information content (AvgIpc) is 2.78. The summed E-state index contributed by atoms with van der Waals surface area (Å²) in [4.78, 5) is 20.9. The largest absolute Gasteiger partial charge is 0.573 e. The second kappa shape index (κ2) is 9.26. The molecule has 0 radical (unpaired) electrons. The molecule has 1 fully saturated rings. The Kier molecular flexibility index (Phi) is 6.38. The summed E-state index contributed by atoms with van der Waals surface area (Å²) >= 11 is 0. The number of benzene rings is 2. The van der Waals surface area contributed by atoms with Crippen LogP contribution >= 0.6 is 0 Å². The Labute approximate surface area is 194 Å². The van der Waals surface area contributed by atoms with E-state index in [0.29, 0.717) is 22.3 Å². The maximum atomic E-state index is 12.7. The number of aromatic nitrogens is 1. The quantitative estimate of drug-likeness (QED) is 0.561. The highest BCUT2D eigenvalue weighted by Gasteiger charge is 2.31. The molecule has 0 aliphatic carbocycles. The van der Waals surface area contributed by atoms with Gasteiger partial charge in [0.1, 0.15) is 11.5 Å². The van der Waals surface area contributed by atoms with Gasteiger partial charge < -0.3 is 30.3 Å². The second-order valence-corrected chi connectivity index (χ2v) is 7.94. The molecule has 0 bridgehead atoms. The van der Waals surface area contributed by atoms with Crippen LogP contribution in [0.2, 0.25) is 0 Å². The average molecular weight is 475 g/mol. The number of piperazine rings is 1. The van der Waals surface area contributed by atoms with Gasteiger partial charge in [0.05, 0.1) is 29.6 Å². The number of amides is 1. The number of nitrogens with two attached hydrogens (primary N) is 1. The Morgan fingerprint density at radius 1 is 1.15 bits per heavy atom. The van der Waals surface area contributed by atoms with E-state index in [1.54, 1.807) is 19.2 Å². The number of anilines is 3. The first-order valence-electron chi connectivity index (χ1n) is 10.5. The summed E-state index contributed by atoms with van der Waals surface area (Å²) in [6.07, 6.45) is -3.49. The van der Waals surface area contributed by atoms with E-state index in [1.165, 1.54) is 24.4 Å². The maximum Gasteiger partial charge on any atom is 0.573 e. The number of methoxy groups -OCH3 is 1. The number of hydrogen-bond acceptors (Lipinski definition) is 7. The fourth-order valence-electron chi connectivity index (χ4n) is 3.90. The van der Waals surface area contributed by atoms with Gasteiger partial charge in [-0.3, -0.25) is 9.78 Å². The van der Waals surface area contributed by atoms with Gasteiger partial charge in [-0.2, -0.15) is 0 Å². The molecule has 2 heterocycles. The van der Waals surface area contributed by atoms with E-state index in [1.807, 2.05) is 6.07 Å². The number of primary amides is 1. The van der Waals surface area contributed by atoms with Crippen molar-refractivity contribution < 1.29 is 27.4 Å². The molecule has 11 heteroatoms. The Balaban J connectivity index is 1.81. The standard InChI is InChI=1S/C23H24F3N5O3/c1-30-6-8-31(9-7-30)19-11-16-18(12-20(19)33-2)28-13-17(22(27)32)21(16)29-14-4-3-5-15(10-14)34-23(24,25)26/h3-5,10-13H,6-9H2,1-2H3,(H2,27,32)(H,28,29). The van der Waals surface area contributed by atoms with Gasteiger partial charge in [-0.15, -0.1) is 13.2 Å². The van der Waals surface area contributed by atoms with Crippen LogP contribution in [0.25, 0.3) is 10.9 Å². The van der Waals surface area contributed by atoms with Gasteiger partial charge >= 0.3 is 6.36 Å². The molecule has 0 saturated carbocycles. The second-order valence-electron chi connectivity index (χ2n) is 7.94. The van der Waals surface area contributed by atoms with E-state index in [4.69, 9.17) is 10.5 Å². The lowest BCUT2D eigenvalue weighted by Crippen LogP contribution is -2.44. The molecule has 0 atom stereocenters. The summed E-state index contributed by atoms with van der Waals surface area (Å²) < 4.78 is 47.6. The Hall–Kier alpha value is -3.73. The van der Waals surface area contributed by atoms with E-state index in [-0.39, 0.29) is 11.3 Å². The maximum absolute atomic E-state index is 12.7. The van der Waals surface area contributed by atoms with Crippen molar-refractivity contribution in [2.45, 2.75) is 6.36 Å². The Morgan fingerprint density at radius 2 is 1.88 bits per heavy atom. The number of ether oxygens (including phenoxy) is 2. The Bertz CT molecular complexity index is 1210. The Morgan fingerprint density at radius 3 is 2.53 bits per heavy atom. The number of pyridine rings is 1. The fourth-order valence-corrected chi connectivity index (χ4v) is 3.90. The van der Waals surface area contributed by atoms with E-state index >= 15 is 0 Å². The van der Waals surface area contributed by atoms with Gasteiger partial charge in [0.15, 0.2) is 0 Å². The lowest BCUT2D eigenvalue weighted by molar-refractivity contribution is -0.274. The molecule has 1 aliphatic rings. The molecule has 3 aromatic rings. The minimum Gasteiger partial charge on any atom is -0.495 e. The number of fused-ring (bicyclic) bond motifs is 1. The zero-order valence-corrected chi connectivity index (χ0v) is 18.6. The summed E-state index contributed by atoms with van der Waals surface area (Å²) in [5.74, 6) is -0.490.